The number of aromatic amines is 2. The zero-order valence-electron chi connectivity index (χ0n) is 26.1. The molecule has 2 aliphatic heterocycles. The molecule has 9 heteroatoms. The molecule has 226 valence electrons. The molecule has 1 unspecified atom stereocenters. The zero-order chi connectivity index (χ0) is 31.2. The van der Waals surface area contributed by atoms with E-state index in [9.17, 15) is 14.7 Å². The summed E-state index contributed by atoms with van der Waals surface area (Å²) in [6.07, 6.45) is 0.867. The van der Waals surface area contributed by atoms with Crippen LogP contribution in [0, 0.1) is 13.8 Å². The number of aliphatic hydroxyl groups excluding tert-OH is 1. The number of H-pyrrole nitrogens is 2. The number of rotatable bonds is 6. The van der Waals surface area contributed by atoms with Crippen molar-refractivity contribution < 1.29 is 24.2 Å². The van der Waals surface area contributed by atoms with Gasteiger partial charge in [-0.1, -0.05) is 13.8 Å². The largest absolute Gasteiger partial charge is 0.469 e. The third-order valence-electron chi connectivity index (χ3n) is 8.97. The predicted octanol–water partition coefficient (Wildman–Crippen LogP) is 6.95. The molecule has 3 N–H and O–H groups in total. The van der Waals surface area contributed by atoms with Crippen LogP contribution < -0.4 is 0 Å². The topological polar surface area (TPSA) is 130 Å². The lowest BCUT2D eigenvalue weighted by Gasteiger charge is -2.15. The van der Waals surface area contributed by atoms with Crippen molar-refractivity contribution in [2.24, 2.45) is 0 Å². The van der Waals surface area contributed by atoms with Gasteiger partial charge in [0.05, 0.1) is 42.8 Å². The van der Waals surface area contributed by atoms with Crippen molar-refractivity contribution >= 4 is 45.2 Å². The van der Waals surface area contributed by atoms with Crippen LogP contribution in [0.1, 0.15) is 115 Å². The van der Waals surface area contributed by atoms with Crippen LogP contribution in [0.4, 0.5) is 0 Å². The molecule has 3 atom stereocenters. The third-order valence-corrected chi connectivity index (χ3v) is 8.97. The number of aliphatic hydroxyl groups is 1. The number of carbonyl (C=O) groups is 2. The molecule has 3 aromatic heterocycles. The normalized spacial score (nSPS) is 17.2. The maximum atomic E-state index is 13.1. The number of esters is 2. The standard InChI is InChI=1S/C34H40N4O5/c1-9-21-16(2)24-14-29-32(20(6)39)18(4)25(37-29)12-23-17(3)22(10-11-31(40)42-7)28(36-23)15-30-33(34(41)43-8)19(5)26(38-30)13-27(21)35-24/h12-15,17,20,22,37-39H,9-11H2,1-8H3/t17-,20?,22-/m0/s1. The van der Waals surface area contributed by atoms with Crippen LogP contribution in [-0.2, 0) is 14.3 Å². The van der Waals surface area contributed by atoms with Crippen molar-refractivity contribution in [3.8, 4) is 0 Å². The summed E-state index contributed by atoms with van der Waals surface area (Å²) in [6.45, 7) is 11.9. The van der Waals surface area contributed by atoms with Gasteiger partial charge in [0.2, 0.25) is 0 Å². The van der Waals surface area contributed by atoms with E-state index in [-0.39, 0.29) is 24.2 Å². The van der Waals surface area contributed by atoms with E-state index in [1.807, 2.05) is 38.1 Å². The minimum atomic E-state index is -0.693. The number of ether oxygens (including phenoxy) is 2. The van der Waals surface area contributed by atoms with E-state index in [2.05, 4.69) is 30.7 Å². The van der Waals surface area contributed by atoms with Gasteiger partial charge in [0.15, 0.2) is 0 Å². The average molecular weight is 585 g/mol. The Morgan fingerprint density at radius 1 is 0.907 bits per heavy atom. The molecule has 0 aliphatic carbocycles. The molecule has 8 bridgehead atoms. The summed E-state index contributed by atoms with van der Waals surface area (Å²) in [5.74, 6) is -0.833. The van der Waals surface area contributed by atoms with Crippen LogP contribution in [0.25, 0.3) is 33.2 Å². The molecule has 5 heterocycles. The fraction of sp³-hybridized carbons (Fsp3) is 0.412. The Morgan fingerprint density at radius 3 is 2.21 bits per heavy atom. The van der Waals surface area contributed by atoms with Crippen molar-refractivity contribution in [3.63, 3.8) is 0 Å². The van der Waals surface area contributed by atoms with Gasteiger partial charge in [-0.3, -0.25) is 9.78 Å². The minimum absolute atomic E-state index is 0.0198. The summed E-state index contributed by atoms with van der Waals surface area (Å²) in [6, 6.07) is 7.91. The van der Waals surface area contributed by atoms with E-state index in [1.54, 1.807) is 6.92 Å². The maximum absolute atomic E-state index is 13.1. The van der Waals surface area contributed by atoms with Gasteiger partial charge in [-0.2, -0.15) is 0 Å². The number of aryl methyl sites for hydroxylation is 2. The number of nitrogens with one attached hydrogen (secondary N) is 2. The molecule has 2 aliphatic rings. The van der Waals surface area contributed by atoms with Crippen molar-refractivity contribution in [3.05, 3.63) is 69.3 Å². The van der Waals surface area contributed by atoms with Crippen LogP contribution in [0.3, 0.4) is 0 Å². The highest BCUT2D eigenvalue weighted by Crippen LogP contribution is 2.41. The van der Waals surface area contributed by atoms with E-state index < -0.39 is 12.1 Å². The molecular formula is C34H40N4O5. The van der Waals surface area contributed by atoms with Crippen molar-refractivity contribution in [1.29, 1.82) is 0 Å². The fourth-order valence-corrected chi connectivity index (χ4v) is 6.48. The van der Waals surface area contributed by atoms with Crippen LogP contribution in [-0.4, -0.2) is 51.2 Å². The molecule has 0 spiro atoms. The first kappa shape index (κ1) is 30.2. The summed E-state index contributed by atoms with van der Waals surface area (Å²) < 4.78 is 10.1. The molecule has 3 aromatic rings. The van der Waals surface area contributed by atoms with Crippen LogP contribution >= 0.6 is 0 Å². The van der Waals surface area contributed by atoms with Crippen molar-refractivity contribution in [2.75, 3.05) is 14.2 Å². The molecule has 0 saturated heterocycles. The van der Waals surface area contributed by atoms with E-state index in [4.69, 9.17) is 19.4 Å². The molecular weight excluding hydrogens is 544 g/mol. The van der Waals surface area contributed by atoms with Crippen molar-refractivity contribution in [1.82, 2.24) is 19.9 Å². The number of fused-ring (bicyclic) bond motifs is 8. The second-order valence-corrected chi connectivity index (χ2v) is 11.5. The molecule has 0 amide bonds. The summed E-state index contributed by atoms with van der Waals surface area (Å²) in [5, 5.41) is 10.8. The summed E-state index contributed by atoms with van der Waals surface area (Å²) >= 11 is 0. The number of hydrogen-bond donors (Lipinski definition) is 3. The van der Waals surface area contributed by atoms with E-state index in [1.165, 1.54) is 14.2 Å². The van der Waals surface area contributed by atoms with Gasteiger partial charge in [0, 0.05) is 51.8 Å². The minimum Gasteiger partial charge on any atom is -0.469 e. The molecule has 43 heavy (non-hydrogen) atoms. The van der Waals surface area contributed by atoms with Gasteiger partial charge in [-0.25, -0.2) is 9.78 Å². The quantitative estimate of drug-likeness (QED) is 0.267. The van der Waals surface area contributed by atoms with E-state index >= 15 is 0 Å². The highest BCUT2D eigenvalue weighted by molar-refractivity contribution is 6.02. The lowest BCUT2D eigenvalue weighted by Crippen LogP contribution is -2.07. The number of carbonyl (C=O) groups excluding carboxylic acids is 2. The molecule has 0 fully saturated rings. The molecule has 0 saturated carbocycles. The monoisotopic (exact) mass is 584 g/mol. The average Bonchev–Trinajstić information content (AvgIpc) is 3.64. The van der Waals surface area contributed by atoms with Crippen LogP contribution in [0.2, 0.25) is 0 Å². The van der Waals surface area contributed by atoms with Gasteiger partial charge in [-0.15, -0.1) is 0 Å². The Morgan fingerprint density at radius 2 is 1.56 bits per heavy atom. The molecule has 9 nitrogen and oxygen atoms in total. The highest BCUT2D eigenvalue weighted by atomic mass is 16.5. The van der Waals surface area contributed by atoms with E-state index in [0.717, 1.165) is 73.6 Å². The number of hydrogen-bond acceptors (Lipinski definition) is 7. The third kappa shape index (κ3) is 5.38. The van der Waals surface area contributed by atoms with E-state index in [0.29, 0.717) is 17.5 Å². The predicted molar refractivity (Wildman–Crippen MR) is 168 cm³/mol. The molecule has 0 aromatic carbocycles. The number of aromatic nitrogens is 4. The molecule has 0 radical (unpaired) electrons. The summed E-state index contributed by atoms with van der Waals surface area (Å²) in [4.78, 5) is 42.2. The summed E-state index contributed by atoms with van der Waals surface area (Å²) in [7, 11) is 2.76. The second-order valence-electron chi connectivity index (χ2n) is 11.5. The Balaban J connectivity index is 1.93. The first-order valence-electron chi connectivity index (χ1n) is 14.8. The lowest BCUT2D eigenvalue weighted by molar-refractivity contribution is -0.140. The zero-order valence-corrected chi connectivity index (χ0v) is 26.1. The van der Waals surface area contributed by atoms with Gasteiger partial charge in [0.25, 0.3) is 0 Å². The smallest absolute Gasteiger partial charge is 0.340 e. The Kier molecular flexibility index (Phi) is 8.29. The van der Waals surface area contributed by atoms with Gasteiger partial charge in [0.1, 0.15) is 0 Å². The fourth-order valence-electron chi connectivity index (χ4n) is 6.48. The van der Waals surface area contributed by atoms with Gasteiger partial charge < -0.3 is 24.5 Å². The van der Waals surface area contributed by atoms with Crippen LogP contribution in [0.5, 0.6) is 0 Å². The Hall–Kier alpha value is -4.24. The Labute approximate surface area is 251 Å². The number of methoxy groups -OCH3 is 2. The first-order valence-corrected chi connectivity index (χ1v) is 14.8. The number of nitrogens with zero attached hydrogens (tertiary/aromatic N) is 2. The summed E-state index contributed by atoms with van der Waals surface area (Å²) in [5.41, 5.74) is 11.4. The van der Waals surface area contributed by atoms with Gasteiger partial charge in [-0.05, 0) is 87.1 Å². The highest BCUT2D eigenvalue weighted by Gasteiger charge is 2.30. The lowest BCUT2D eigenvalue weighted by atomic mass is 9.87. The van der Waals surface area contributed by atoms with Crippen molar-refractivity contribution in [2.45, 2.75) is 78.7 Å². The maximum Gasteiger partial charge on any atom is 0.340 e. The Bertz CT molecular complexity index is 1810. The van der Waals surface area contributed by atoms with Gasteiger partial charge >= 0.3 is 11.9 Å². The second kappa shape index (κ2) is 11.8. The van der Waals surface area contributed by atoms with Crippen LogP contribution in [0.15, 0.2) is 24.3 Å². The first-order chi connectivity index (χ1) is 20.5. The molecule has 5 rings (SSSR count). The SMILES string of the molecule is CCC1=C(C)c2cc3[nH]c(cc4nc(cc5[nH]c(cc1n2)c(C)c5C(=O)OC)[C@@H](CCC(=O)OC)[C@@H]4C)c(C)c3C(C)O. The number of allylic oxidation sites excluding steroid dienone is 2.